The zero-order chi connectivity index (χ0) is 12.4. The van der Waals surface area contributed by atoms with Crippen molar-refractivity contribution < 1.29 is 0 Å². The molecule has 2 aromatic rings. The molecule has 0 radical (unpaired) electrons. The van der Waals surface area contributed by atoms with E-state index in [-0.39, 0.29) is 0 Å². The van der Waals surface area contributed by atoms with Crippen molar-refractivity contribution in [3.8, 4) is 0 Å². The van der Waals surface area contributed by atoms with Gasteiger partial charge < -0.3 is 11.1 Å². The lowest BCUT2D eigenvalue weighted by molar-refractivity contribution is 0.409. The number of fused-ring (bicyclic) bond motifs is 1. The Bertz CT molecular complexity index is 535. The maximum atomic E-state index is 6.03. The lowest BCUT2D eigenvalue weighted by Crippen LogP contribution is -2.34. The molecule has 2 aromatic carbocycles. The maximum Gasteiger partial charge on any atom is 0.0348 e. The molecule has 2 heteroatoms. The smallest absolute Gasteiger partial charge is 0.0348 e. The van der Waals surface area contributed by atoms with E-state index in [1.165, 1.54) is 35.7 Å². The summed E-state index contributed by atoms with van der Waals surface area (Å²) in [5.74, 6) is 0. The van der Waals surface area contributed by atoms with Crippen LogP contribution >= 0.6 is 0 Å². The van der Waals surface area contributed by atoms with Crippen molar-refractivity contribution in [2.45, 2.75) is 37.8 Å². The Labute approximate surface area is 108 Å². The van der Waals surface area contributed by atoms with Gasteiger partial charge in [-0.3, -0.25) is 0 Å². The maximum absolute atomic E-state index is 6.03. The molecule has 0 saturated heterocycles. The molecule has 2 atom stereocenters. The Morgan fingerprint density at radius 2 is 1.83 bits per heavy atom. The summed E-state index contributed by atoms with van der Waals surface area (Å²) in [4.78, 5) is 0. The number of rotatable bonds is 2. The van der Waals surface area contributed by atoms with Crippen molar-refractivity contribution in [2.75, 3.05) is 5.32 Å². The third-order valence-electron chi connectivity index (χ3n) is 3.84. The van der Waals surface area contributed by atoms with Gasteiger partial charge in [0.15, 0.2) is 0 Å². The van der Waals surface area contributed by atoms with E-state index in [0.29, 0.717) is 12.1 Å². The van der Waals surface area contributed by atoms with Crippen LogP contribution in [0, 0.1) is 0 Å². The van der Waals surface area contributed by atoms with Crippen molar-refractivity contribution in [1.29, 1.82) is 0 Å². The van der Waals surface area contributed by atoms with E-state index in [1.54, 1.807) is 0 Å². The largest absolute Gasteiger partial charge is 0.382 e. The van der Waals surface area contributed by atoms with Gasteiger partial charge in [-0.15, -0.1) is 0 Å². The minimum Gasteiger partial charge on any atom is -0.382 e. The van der Waals surface area contributed by atoms with Gasteiger partial charge >= 0.3 is 0 Å². The Kier molecular flexibility index (Phi) is 3.20. The molecule has 1 fully saturated rings. The fourth-order valence-corrected chi connectivity index (χ4v) is 2.87. The minimum absolute atomic E-state index is 0.372. The SMILES string of the molecule is NC1CCCC(Nc2ccc3ccccc3c2)C1. The number of hydrogen-bond acceptors (Lipinski definition) is 2. The zero-order valence-corrected chi connectivity index (χ0v) is 10.6. The average molecular weight is 240 g/mol. The number of hydrogen-bond donors (Lipinski definition) is 2. The highest BCUT2D eigenvalue weighted by molar-refractivity contribution is 5.85. The summed E-state index contributed by atoms with van der Waals surface area (Å²) in [6.45, 7) is 0. The first kappa shape index (κ1) is 11.5. The van der Waals surface area contributed by atoms with Gasteiger partial charge in [-0.05, 0) is 48.6 Å². The van der Waals surface area contributed by atoms with Crippen LogP contribution in [0.3, 0.4) is 0 Å². The molecule has 1 aliphatic carbocycles. The fraction of sp³-hybridized carbons (Fsp3) is 0.375. The molecular weight excluding hydrogens is 220 g/mol. The molecule has 3 rings (SSSR count). The number of benzene rings is 2. The van der Waals surface area contributed by atoms with Crippen LogP contribution in [0.1, 0.15) is 25.7 Å². The molecule has 18 heavy (non-hydrogen) atoms. The van der Waals surface area contributed by atoms with Crippen molar-refractivity contribution in [1.82, 2.24) is 0 Å². The van der Waals surface area contributed by atoms with Gasteiger partial charge in [-0.25, -0.2) is 0 Å². The Hall–Kier alpha value is -1.54. The molecule has 0 spiro atoms. The summed E-state index contributed by atoms with van der Waals surface area (Å²) in [6, 6.07) is 16.0. The standard InChI is InChI=1S/C16H20N2/c17-14-6-3-7-15(11-14)18-16-9-8-12-4-1-2-5-13(12)10-16/h1-2,4-5,8-10,14-15,18H,3,6-7,11,17H2. The highest BCUT2D eigenvalue weighted by Gasteiger charge is 2.18. The summed E-state index contributed by atoms with van der Waals surface area (Å²) >= 11 is 0. The van der Waals surface area contributed by atoms with Gasteiger partial charge in [0.1, 0.15) is 0 Å². The average Bonchev–Trinajstić information content (AvgIpc) is 2.39. The lowest BCUT2D eigenvalue weighted by atomic mass is 9.91. The quantitative estimate of drug-likeness (QED) is 0.843. The van der Waals surface area contributed by atoms with E-state index < -0.39 is 0 Å². The predicted molar refractivity (Wildman–Crippen MR) is 77.8 cm³/mol. The minimum atomic E-state index is 0.372. The summed E-state index contributed by atoms with van der Waals surface area (Å²) in [5, 5.41) is 6.21. The summed E-state index contributed by atoms with van der Waals surface area (Å²) in [7, 11) is 0. The molecular formula is C16H20N2. The van der Waals surface area contributed by atoms with Crippen molar-refractivity contribution in [3.05, 3.63) is 42.5 Å². The normalized spacial score (nSPS) is 24.1. The number of nitrogens with two attached hydrogens (primary N) is 1. The molecule has 0 aliphatic heterocycles. The zero-order valence-electron chi connectivity index (χ0n) is 10.6. The Morgan fingerprint density at radius 1 is 1.00 bits per heavy atom. The molecule has 0 bridgehead atoms. The number of nitrogens with one attached hydrogen (secondary N) is 1. The van der Waals surface area contributed by atoms with Crippen LogP contribution < -0.4 is 11.1 Å². The molecule has 0 heterocycles. The van der Waals surface area contributed by atoms with E-state index in [9.17, 15) is 0 Å². The molecule has 94 valence electrons. The fourth-order valence-electron chi connectivity index (χ4n) is 2.87. The highest BCUT2D eigenvalue weighted by atomic mass is 14.9. The third-order valence-corrected chi connectivity index (χ3v) is 3.84. The predicted octanol–water partition coefficient (Wildman–Crippen LogP) is 3.52. The van der Waals surface area contributed by atoms with Crippen LogP contribution in [0.5, 0.6) is 0 Å². The highest BCUT2D eigenvalue weighted by Crippen LogP contribution is 2.24. The van der Waals surface area contributed by atoms with Crippen molar-refractivity contribution >= 4 is 16.5 Å². The van der Waals surface area contributed by atoms with Gasteiger partial charge in [0.25, 0.3) is 0 Å². The topological polar surface area (TPSA) is 38.0 Å². The van der Waals surface area contributed by atoms with Gasteiger partial charge in [0, 0.05) is 17.8 Å². The first-order valence-electron chi connectivity index (χ1n) is 6.82. The molecule has 2 unspecified atom stereocenters. The first-order chi connectivity index (χ1) is 8.81. The second kappa shape index (κ2) is 4.99. The van der Waals surface area contributed by atoms with Crippen LogP contribution in [0.25, 0.3) is 10.8 Å². The van der Waals surface area contributed by atoms with Crippen LogP contribution in [0.4, 0.5) is 5.69 Å². The van der Waals surface area contributed by atoms with Crippen molar-refractivity contribution in [2.24, 2.45) is 5.73 Å². The molecule has 0 aromatic heterocycles. The van der Waals surface area contributed by atoms with Crippen LogP contribution in [0.2, 0.25) is 0 Å². The van der Waals surface area contributed by atoms with Gasteiger partial charge in [0.05, 0.1) is 0 Å². The lowest BCUT2D eigenvalue weighted by Gasteiger charge is -2.28. The summed E-state index contributed by atoms with van der Waals surface area (Å²) in [5.41, 5.74) is 7.24. The molecule has 1 saturated carbocycles. The molecule has 0 amide bonds. The number of anilines is 1. The van der Waals surface area contributed by atoms with E-state index in [2.05, 4.69) is 47.8 Å². The third kappa shape index (κ3) is 2.49. The second-order valence-electron chi connectivity index (χ2n) is 5.33. The first-order valence-corrected chi connectivity index (χ1v) is 6.82. The Balaban J connectivity index is 1.78. The summed E-state index contributed by atoms with van der Waals surface area (Å²) in [6.07, 6.45) is 4.75. The van der Waals surface area contributed by atoms with Gasteiger partial charge in [-0.2, -0.15) is 0 Å². The van der Waals surface area contributed by atoms with E-state index in [0.717, 1.165) is 6.42 Å². The Morgan fingerprint density at radius 3 is 2.67 bits per heavy atom. The van der Waals surface area contributed by atoms with Gasteiger partial charge in [-0.1, -0.05) is 30.3 Å². The van der Waals surface area contributed by atoms with Crippen LogP contribution in [0.15, 0.2) is 42.5 Å². The van der Waals surface area contributed by atoms with Crippen molar-refractivity contribution in [3.63, 3.8) is 0 Å². The second-order valence-corrected chi connectivity index (χ2v) is 5.33. The molecule has 1 aliphatic rings. The monoisotopic (exact) mass is 240 g/mol. The van der Waals surface area contributed by atoms with E-state index in [1.807, 2.05) is 0 Å². The molecule has 3 N–H and O–H groups in total. The van der Waals surface area contributed by atoms with E-state index >= 15 is 0 Å². The van der Waals surface area contributed by atoms with Gasteiger partial charge in [0.2, 0.25) is 0 Å². The summed E-state index contributed by atoms with van der Waals surface area (Å²) < 4.78 is 0. The van der Waals surface area contributed by atoms with Crippen LogP contribution in [-0.4, -0.2) is 12.1 Å². The van der Waals surface area contributed by atoms with Crippen LogP contribution in [-0.2, 0) is 0 Å². The molecule has 2 nitrogen and oxygen atoms in total. The van der Waals surface area contributed by atoms with E-state index in [4.69, 9.17) is 5.73 Å².